The Morgan fingerprint density at radius 3 is 2.88 bits per heavy atom. The number of amides is 2. The molecule has 1 aliphatic carbocycles. The van der Waals surface area contributed by atoms with Crippen molar-refractivity contribution in [2.24, 2.45) is 14.5 Å². The van der Waals surface area contributed by atoms with Gasteiger partial charge in [0.1, 0.15) is 10.4 Å². The maximum Gasteiger partial charge on any atom is 0.354 e. The van der Waals surface area contributed by atoms with Crippen LogP contribution in [0, 0.1) is 0 Å². The molecule has 2 heterocycles. The van der Waals surface area contributed by atoms with Gasteiger partial charge >= 0.3 is 6.03 Å². The normalized spacial score (nSPS) is 19.5. The number of urea groups is 1. The van der Waals surface area contributed by atoms with Gasteiger partial charge in [-0.05, 0) is 61.2 Å². The van der Waals surface area contributed by atoms with Gasteiger partial charge in [0, 0.05) is 11.8 Å². The van der Waals surface area contributed by atoms with E-state index < -0.39 is 33.5 Å². The summed E-state index contributed by atoms with van der Waals surface area (Å²) in [6.45, 7) is 3.20. The Morgan fingerprint density at radius 2 is 2.22 bits per heavy atom. The van der Waals surface area contributed by atoms with Gasteiger partial charge in [0.15, 0.2) is 15.7 Å². The molecule has 1 aromatic carbocycles. The summed E-state index contributed by atoms with van der Waals surface area (Å²) in [4.78, 5) is 16.9. The van der Waals surface area contributed by atoms with Crippen molar-refractivity contribution in [2.75, 3.05) is 5.32 Å². The van der Waals surface area contributed by atoms with Gasteiger partial charge in [0.2, 0.25) is 0 Å². The summed E-state index contributed by atoms with van der Waals surface area (Å²) in [5, 5.41) is 23.3. The first-order chi connectivity index (χ1) is 15.0. The highest BCUT2D eigenvalue weighted by atomic mass is 32.2. The van der Waals surface area contributed by atoms with Crippen molar-refractivity contribution < 1.29 is 18.5 Å². The summed E-state index contributed by atoms with van der Waals surface area (Å²) in [6, 6.07) is 4.46. The van der Waals surface area contributed by atoms with Gasteiger partial charge in [-0.1, -0.05) is 12.1 Å². The Morgan fingerprint density at radius 1 is 1.44 bits per heavy atom. The number of fused-ring (bicyclic) bond motifs is 1. The first-order valence-corrected chi connectivity index (χ1v) is 12.5. The number of rotatable bonds is 4. The van der Waals surface area contributed by atoms with Crippen LogP contribution in [0.5, 0.6) is 0 Å². The molecule has 8 nitrogen and oxygen atoms in total. The average molecular weight is 478 g/mol. The lowest BCUT2D eigenvalue weighted by Crippen LogP contribution is -2.22. The largest absolute Gasteiger partial charge is 0.386 e. The highest BCUT2D eigenvalue weighted by Gasteiger charge is 2.25. The first kappa shape index (κ1) is 22.6. The van der Waals surface area contributed by atoms with E-state index in [1.807, 2.05) is 12.1 Å². The Labute approximate surface area is 189 Å². The summed E-state index contributed by atoms with van der Waals surface area (Å²) in [5.41, 5.74) is 2.65. The molecule has 0 saturated carbocycles. The number of carbonyl (C=O) groups excluding carboxylic acids is 1. The maximum atomic E-state index is 13.3. The number of hydrogen-bond acceptors (Lipinski definition) is 6. The van der Waals surface area contributed by atoms with Gasteiger partial charge in [-0.25, -0.2) is 18.5 Å². The number of hydrogen-bond donors (Lipinski definition) is 4. The Hall–Kier alpha value is -2.60. The van der Waals surface area contributed by atoms with Crippen molar-refractivity contribution in [3.05, 3.63) is 57.9 Å². The zero-order valence-corrected chi connectivity index (χ0v) is 19.2. The summed E-state index contributed by atoms with van der Waals surface area (Å²) in [5.74, 6) is -0.493. The summed E-state index contributed by atoms with van der Waals surface area (Å²) >= 11 is 1.07. The van der Waals surface area contributed by atoms with Gasteiger partial charge in [0.25, 0.3) is 0 Å². The van der Waals surface area contributed by atoms with E-state index in [0.717, 1.165) is 47.9 Å². The van der Waals surface area contributed by atoms with E-state index in [1.165, 1.54) is 12.3 Å². The third kappa shape index (κ3) is 4.60. The molecule has 0 fully saturated rings. The van der Waals surface area contributed by atoms with Crippen LogP contribution in [0.4, 0.5) is 14.9 Å². The van der Waals surface area contributed by atoms with Crippen LogP contribution < -0.4 is 15.8 Å². The number of anilines is 1. The highest BCUT2D eigenvalue weighted by Crippen LogP contribution is 2.36. The van der Waals surface area contributed by atoms with Gasteiger partial charge in [-0.2, -0.15) is 0 Å². The predicted molar refractivity (Wildman–Crippen MR) is 124 cm³/mol. The number of nitrogens with one attached hydrogen (secondary N) is 2. The fraction of sp³-hybridized carbons (Fsp3) is 0.333. The molecule has 1 aliphatic heterocycles. The monoisotopic (exact) mass is 477 g/mol. The van der Waals surface area contributed by atoms with Gasteiger partial charge in [-0.15, -0.1) is 15.7 Å². The number of thiophene rings is 1. The second-order valence-electron chi connectivity index (χ2n) is 8.20. The number of aryl methyl sites for hydroxylation is 1. The van der Waals surface area contributed by atoms with Crippen LogP contribution in [0.1, 0.15) is 48.7 Å². The van der Waals surface area contributed by atoms with E-state index >= 15 is 0 Å². The minimum atomic E-state index is -3.51. The van der Waals surface area contributed by atoms with E-state index in [1.54, 1.807) is 19.2 Å². The lowest BCUT2D eigenvalue weighted by Gasteiger charge is -2.21. The fourth-order valence-electron chi connectivity index (χ4n) is 3.70. The zero-order valence-electron chi connectivity index (χ0n) is 17.6. The molecule has 5 N–H and O–H groups in total. The van der Waals surface area contributed by atoms with Crippen LogP contribution in [0.25, 0.3) is 0 Å². The number of allylic oxidation sites excluding steroid dienone is 1. The lowest BCUT2D eigenvalue weighted by molar-refractivity contribution is 0.0789. The Balaban J connectivity index is 1.66. The second-order valence-corrected chi connectivity index (χ2v) is 11.1. The van der Waals surface area contributed by atoms with Gasteiger partial charge in [-0.3, -0.25) is 4.99 Å². The summed E-state index contributed by atoms with van der Waals surface area (Å²) in [7, 11) is -3.51. The molecular weight excluding hydrogens is 453 g/mol. The summed E-state index contributed by atoms with van der Waals surface area (Å²) < 4.78 is 30.3. The molecule has 2 aliphatic rings. The van der Waals surface area contributed by atoms with Crippen molar-refractivity contribution in [1.82, 2.24) is 5.32 Å². The number of benzene rings is 1. The molecule has 0 radical (unpaired) electrons. The molecule has 170 valence electrons. The number of nitrogens with zero attached hydrogens (tertiary/aromatic N) is 2. The molecule has 32 heavy (non-hydrogen) atoms. The standard InChI is InChI=1S/C21H24FN5O3S2/c1-21(2,29)13-8-17(31-11-13)32(23,30)27-20(28)26-18-15-5-3-4-12(15)6-7-16(18)19-24-9-14(22)10-25-19/h6-11,19,24,29H,3-5H2,1-2H3,(H3,23,26,27,28,30). The number of aliphatic imine (C=N–C) groups is 1. The van der Waals surface area contributed by atoms with E-state index in [0.29, 0.717) is 16.8 Å². The van der Waals surface area contributed by atoms with Gasteiger partial charge in [0.05, 0.1) is 17.5 Å². The molecule has 2 amide bonds. The third-order valence-corrected chi connectivity index (χ3v) is 8.21. The maximum absolute atomic E-state index is 13.3. The van der Waals surface area contributed by atoms with Crippen molar-refractivity contribution >= 4 is 39.2 Å². The van der Waals surface area contributed by atoms with Crippen LogP contribution in [0.3, 0.4) is 0 Å². The topological polar surface area (TPSA) is 129 Å². The average Bonchev–Trinajstić information content (AvgIpc) is 3.38. The molecule has 1 aromatic heterocycles. The van der Waals surface area contributed by atoms with Crippen LogP contribution in [0.2, 0.25) is 0 Å². The Bertz CT molecular complexity index is 1250. The van der Waals surface area contributed by atoms with Crippen LogP contribution in [-0.4, -0.2) is 21.6 Å². The fourth-order valence-corrected chi connectivity index (χ4v) is 5.98. The third-order valence-electron chi connectivity index (χ3n) is 5.36. The molecule has 4 rings (SSSR count). The summed E-state index contributed by atoms with van der Waals surface area (Å²) in [6.07, 6.45) is 4.34. The zero-order chi connectivity index (χ0) is 23.1. The van der Waals surface area contributed by atoms with Crippen molar-refractivity contribution in [1.29, 1.82) is 0 Å². The molecule has 11 heteroatoms. The molecule has 0 saturated heterocycles. The van der Waals surface area contributed by atoms with E-state index in [2.05, 4.69) is 20.0 Å². The second kappa shape index (κ2) is 8.39. The van der Waals surface area contributed by atoms with Crippen LogP contribution in [0.15, 0.2) is 49.2 Å². The number of carbonyl (C=O) groups is 1. The SMILES string of the molecule is CC(C)(O)c1csc(S(N)(=O)=NC(=O)Nc2c(C3N=CC(F)=CN3)ccc3c2CCC3)c1. The molecule has 0 spiro atoms. The number of aliphatic hydroxyl groups is 1. The van der Waals surface area contributed by atoms with Gasteiger partial charge < -0.3 is 15.7 Å². The quantitative estimate of drug-likeness (QED) is 0.532. The molecular formula is C21H24FN5O3S2. The van der Waals surface area contributed by atoms with E-state index in [-0.39, 0.29) is 4.21 Å². The minimum absolute atomic E-state index is 0.197. The molecule has 2 atom stereocenters. The number of halogens is 1. The number of nitrogens with two attached hydrogens (primary N) is 1. The minimum Gasteiger partial charge on any atom is -0.386 e. The van der Waals surface area contributed by atoms with Crippen LogP contribution >= 0.6 is 11.3 Å². The molecule has 2 unspecified atom stereocenters. The smallest absolute Gasteiger partial charge is 0.354 e. The predicted octanol–water partition coefficient (Wildman–Crippen LogP) is 3.88. The van der Waals surface area contributed by atoms with E-state index in [4.69, 9.17) is 5.14 Å². The molecule has 0 bridgehead atoms. The highest BCUT2D eigenvalue weighted by molar-refractivity contribution is 7.93. The van der Waals surface area contributed by atoms with Crippen molar-refractivity contribution in [2.45, 2.75) is 49.1 Å². The Kier molecular flexibility index (Phi) is 5.93. The van der Waals surface area contributed by atoms with Crippen molar-refractivity contribution in [3.63, 3.8) is 0 Å². The lowest BCUT2D eigenvalue weighted by atomic mass is 10.0. The molecule has 2 aromatic rings. The van der Waals surface area contributed by atoms with Crippen molar-refractivity contribution in [3.8, 4) is 0 Å². The van der Waals surface area contributed by atoms with E-state index in [9.17, 15) is 18.5 Å². The first-order valence-electron chi connectivity index (χ1n) is 10.0. The van der Waals surface area contributed by atoms with Crippen LogP contribution in [-0.2, 0) is 28.4 Å².